The van der Waals surface area contributed by atoms with Gasteiger partial charge < -0.3 is 11.1 Å². The van der Waals surface area contributed by atoms with Gasteiger partial charge in [0.25, 0.3) is 0 Å². The van der Waals surface area contributed by atoms with E-state index in [1.54, 1.807) is 6.20 Å². The van der Waals surface area contributed by atoms with Gasteiger partial charge in [0.05, 0.1) is 0 Å². The number of anilines is 1. The molecule has 1 aromatic heterocycles. The molecule has 3 N–H and O–H groups in total. The van der Waals surface area contributed by atoms with Crippen molar-refractivity contribution in [2.45, 2.75) is 18.9 Å². The quantitative estimate of drug-likeness (QED) is 0.890. The van der Waals surface area contributed by atoms with Crippen LogP contribution >= 0.6 is 23.2 Å². The minimum Gasteiger partial charge on any atom is -0.384 e. The number of nitrogens with two attached hydrogens (primary N) is 1. The van der Waals surface area contributed by atoms with E-state index in [0.717, 1.165) is 24.0 Å². The maximum atomic E-state index is 6.22. The Morgan fingerprint density at radius 3 is 2.50 bits per heavy atom. The lowest BCUT2D eigenvalue weighted by Gasteiger charge is -2.18. The zero-order valence-electron chi connectivity index (χ0n) is 11.2. The molecule has 0 fully saturated rings. The summed E-state index contributed by atoms with van der Waals surface area (Å²) in [4.78, 5) is 4.00. The molecule has 0 bridgehead atoms. The SMILES string of the molecule is CNC(Cc1ccnc(N)c1)Cc1c(Cl)cccc1Cl. The van der Waals surface area contributed by atoms with Crippen LogP contribution in [0.3, 0.4) is 0 Å². The van der Waals surface area contributed by atoms with E-state index < -0.39 is 0 Å². The van der Waals surface area contributed by atoms with Crippen molar-refractivity contribution >= 4 is 29.0 Å². The van der Waals surface area contributed by atoms with Crippen molar-refractivity contribution < 1.29 is 0 Å². The minimum atomic E-state index is 0.231. The predicted molar refractivity (Wildman–Crippen MR) is 85.4 cm³/mol. The molecule has 106 valence electrons. The monoisotopic (exact) mass is 309 g/mol. The minimum absolute atomic E-state index is 0.231. The molecule has 0 saturated heterocycles. The van der Waals surface area contributed by atoms with Gasteiger partial charge in [-0.25, -0.2) is 4.98 Å². The molecule has 1 atom stereocenters. The molecular formula is C15H17Cl2N3. The number of halogens is 2. The number of likely N-dealkylation sites (N-methyl/N-ethyl adjacent to an activating group) is 1. The molecule has 0 amide bonds. The van der Waals surface area contributed by atoms with Crippen LogP contribution in [0, 0.1) is 0 Å². The fourth-order valence-corrected chi connectivity index (χ4v) is 2.71. The summed E-state index contributed by atoms with van der Waals surface area (Å²) in [6, 6.07) is 9.66. The largest absolute Gasteiger partial charge is 0.384 e. The van der Waals surface area contributed by atoms with Crippen LogP contribution in [0.2, 0.25) is 10.0 Å². The molecule has 3 nitrogen and oxygen atoms in total. The van der Waals surface area contributed by atoms with E-state index >= 15 is 0 Å². The van der Waals surface area contributed by atoms with Crippen molar-refractivity contribution in [3.63, 3.8) is 0 Å². The lowest BCUT2D eigenvalue weighted by Crippen LogP contribution is -2.30. The molecule has 1 heterocycles. The van der Waals surface area contributed by atoms with E-state index in [1.807, 2.05) is 37.4 Å². The zero-order chi connectivity index (χ0) is 14.5. The number of nitrogens with zero attached hydrogens (tertiary/aromatic N) is 1. The Morgan fingerprint density at radius 1 is 1.20 bits per heavy atom. The predicted octanol–water partition coefficient (Wildman–Crippen LogP) is 3.34. The summed E-state index contributed by atoms with van der Waals surface area (Å²) in [6.07, 6.45) is 3.32. The molecule has 5 heteroatoms. The van der Waals surface area contributed by atoms with Crippen LogP contribution in [0.5, 0.6) is 0 Å². The summed E-state index contributed by atoms with van der Waals surface area (Å²) in [5, 5.41) is 4.70. The first-order valence-corrected chi connectivity index (χ1v) is 7.16. The van der Waals surface area contributed by atoms with E-state index in [0.29, 0.717) is 15.9 Å². The number of nitrogens with one attached hydrogen (secondary N) is 1. The van der Waals surface area contributed by atoms with Gasteiger partial charge >= 0.3 is 0 Å². The Balaban J connectivity index is 2.13. The second-order valence-corrected chi connectivity index (χ2v) is 5.50. The van der Waals surface area contributed by atoms with E-state index in [4.69, 9.17) is 28.9 Å². The second kappa shape index (κ2) is 6.93. The Kier molecular flexibility index (Phi) is 5.24. The summed E-state index contributed by atoms with van der Waals surface area (Å²) in [7, 11) is 1.93. The number of rotatable bonds is 5. The maximum Gasteiger partial charge on any atom is 0.123 e. The number of benzene rings is 1. The molecule has 0 saturated carbocycles. The van der Waals surface area contributed by atoms with Crippen molar-refractivity contribution in [1.29, 1.82) is 0 Å². The molecule has 2 aromatic rings. The fourth-order valence-electron chi connectivity index (χ4n) is 2.16. The highest BCUT2D eigenvalue weighted by Crippen LogP contribution is 2.26. The number of pyridine rings is 1. The van der Waals surface area contributed by atoms with Crippen LogP contribution in [-0.2, 0) is 12.8 Å². The van der Waals surface area contributed by atoms with Crippen LogP contribution in [0.1, 0.15) is 11.1 Å². The Hall–Kier alpha value is -1.29. The molecule has 1 aromatic carbocycles. The van der Waals surface area contributed by atoms with E-state index in [-0.39, 0.29) is 6.04 Å². The van der Waals surface area contributed by atoms with Crippen LogP contribution in [0.25, 0.3) is 0 Å². The molecule has 0 spiro atoms. The summed E-state index contributed by atoms with van der Waals surface area (Å²) < 4.78 is 0. The highest BCUT2D eigenvalue weighted by Gasteiger charge is 2.13. The van der Waals surface area contributed by atoms with Crippen molar-refractivity contribution in [1.82, 2.24) is 10.3 Å². The van der Waals surface area contributed by atoms with Crippen molar-refractivity contribution in [2.75, 3.05) is 12.8 Å². The maximum absolute atomic E-state index is 6.22. The number of hydrogen-bond donors (Lipinski definition) is 2. The Labute approximate surface area is 129 Å². The first kappa shape index (κ1) is 15.1. The van der Waals surface area contributed by atoms with Crippen LogP contribution in [0.15, 0.2) is 36.5 Å². The standard InChI is InChI=1S/C15H17Cl2N3/c1-19-11(7-10-5-6-20-15(18)8-10)9-12-13(16)3-2-4-14(12)17/h2-6,8,11,19H,7,9H2,1H3,(H2,18,20). The molecule has 0 radical (unpaired) electrons. The van der Waals surface area contributed by atoms with Crippen molar-refractivity contribution in [3.8, 4) is 0 Å². The normalized spacial score (nSPS) is 12.3. The average molecular weight is 310 g/mol. The van der Waals surface area contributed by atoms with Crippen LogP contribution in [0.4, 0.5) is 5.82 Å². The van der Waals surface area contributed by atoms with E-state index in [2.05, 4.69) is 10.3 Å². The smallest absolute Gasteiger partial charge is 0.123 e. The fraction of sp³-hybridized carbons (Fsp3) is 0.267. The van der Waals surface area contributed by atoms with Crippen LogP contribution in [-0.4, -0.2) is 18.1 Å². The number of aromatic nitrogens is 1. The molecule has 20 heavy (non-hydrogen) atoms. The molecule has 0 aliphatic rings. The van der Waals surface area contributed by atoms with Gasteiger partial charge in [0.1, 0.15) is 5.82 Å². The van der Waals surface area contributed by atoms with Gasteiger partial charge in [0.2, 0.25) is 0 Å². The first-order valence-electron chi connectivity index (χ1n) is 6.40. The first-order chi connectivity index (χ1) is 9.60. The van der Waals surface area contributed by atoms with Crippen LogP contribution < -0.4 is 11.1 Å². The molecule has 0 aliphatic carbocycles. The highest BCUT2D eigenvalue weighted by molar-refractivity contribution is 6.36. The second-order valence-electron chi connectivity index (χ2n) is 4.68. The third-order valence-electron chi connectivity index (χ3n) is 3.25. The van der Waals surface area contributed by atoms with E-state index in [9.17, 15) is 0 Å². The third-order valence-corrected chi connectivity index (χ3v) is 3.96. The van der Waals surface area contributed by atoms with Gasteiger partial charge in [-0.3, -0.25) is 0 Å². The summed E-state index contributed by atoms with van der Waals surface area (Å²) in [6.45, 7) is 0. The lowest BCUT2D eigenvalue weighted by molar-refractivity contribution is 0.556. The number of hydrogen-bond acceptors (Lipinski definition) is 3. The van der Waals surface area contributed by atoms with Crippen molar-refractivity contribution in [3.05, 3.63) is 57.7 Å². The third kappa shape index (κ3) is 3.85. The lowest BCUT2D eigenvalue weighted by atomic mass is 9.99. The Morgan fingerprint density at radius 2 is 1.90 bits per heavy atom. The molecule has 2 rings (SSSR count). The van der Waals surface area contributed by atoms with Gasteiger partial charge in [-0.1, -0.05) is 29.3 Å². The molecule has 0 aliphatic heterocycles. The summed E-state index contributed by atoms with van der Waals surface area (Å²) in [5.74, 6) is 0.535. The van der Waals surface area contributed by atoms with Gasteiger partial charge in [0, 0.05) is 22.3 Å². The Bertz CT molecular complexity index is 567. The van der Waals surface area contributed by atoms with Gasteiger partial charge in [-0.2, -0.15) is 0 Å². The molecule has 1 unspecified atom stereocenters. The van der Waals surface area contributed by atoms with Gasteiger partial charge in [-0.05, 0) is 55.3 Å². The van der Waals surface area contributed by atoms with Gasteiger partial charge in [-0.15, -0.1) is 0 Å². The average Bonchev–Trinajstić information content (AvgIpc) is 2.42. The zero-order valence-corrected chi connectivity index (χ0v) is 12.7. The highest BCUT2D eigenvalue weighted by atomic mass is 35.5. The topological polar surface area (TPSA) is 50.9 Å². The summed E-state index contributed by atoms with van der Waals surface area (Å²) in [5.41, 5.74) is 7.81. The van der Waals surface area contributed by atoms with E-state index in [1.165, 1.54) is 0 Å². The molecular weight excluding hydrogens is 293 g/mol. The number of nitrogen functional groups attached to an aromatic ring is 1. The summed E-state index contributed by atoms with van der Waals surface area (Å²) >= 11 is 12.4. The van der Waals surface area contributed by atoms with Crippen molar-refractivity contribution in [2.24, 2.45) is 0 Å². The van der Waals surface area contributed by atoms with Gasteiger partial charge in [0.15, 0.2) is 0 Å².